The third-order valence-electron chi connectivity index (χ3n) is 2.67. The zero-order valence-electron chi connectivity index (χ0n) is 8.37. The highest BCUT2D eigenvalue weighted by Crippen LogP contribution is 2.22. The maximum absolute atomic E-state index is 11.5. The zero-order valence-corrected chi connectivity index (χ0v) is 9.96. The van der Waals surface area contributed by atoms with E-state index in [9.17, 15) is 4.79 Å². The number of carbonyl (C=O) groups is 1. The first-order valence-corrected chi connectivity index (χ1v) is 5.68. The average molecular weight is 266 g/mol. The number of amides is 1. The molecule has 0 unspecified atom stereocenters. The average Bonchev–Trinajstić information content (AvgIpc) is 2.27. The summed E-state index contributed by atoms with van der Waals surface area (Å²) in [5.74, 6) is 0.0145. The molecule has 15 heavy (non-hydrogen) atoms. The normalized spacial score (nSPS) is 14.6. The molecular formula is C12H12BrNO. The number of nitrogens with zero attached hydrogens (tertiary/aromatic N) is 1. The van der Waals surface area contributed by atoms with Gasteiger partial charge >= 0.3 is 0 Å². The van der Waals surface area contributed by atoms with Gasteiger partial charge in [-0.3, -0.25) is 4.79 Å². The molecular weight excluding hydrogens is 254 g/mol. The van der Waals surface area contributed by atoms with E-state index in [0.29, 0.717) is 6.54 Å². The molecule has 1 aromatic rings. The maximum Gasteiger partial charge on any atom is 0.246 e. The maximum atomic E-state index is 11.5. The van der Waals surface area contributed by atoms with Gasteiger partial charge in [-0.25, -0.2) is 0 Å². The first-order chi connectivity index (χ1) is 7.20. The molecule has 1 aliphatic rings. The second kappa shape index (κ2) is 4.19. The first-order valence-electron chi connectivity index (χ1n) is 4.89. The van der Waals surface area contributed by atoms with Crippen LogP contribution in [0.3, 0.4) is 0 Å². The highest BCUT2D eigenvalue weighted by atomic mass is 79.9. The molecule has 0 aromatic heterocycles. The second-order valence-corrected chi connectivity index (χ2v) is 4.54. The fraction of sp³-hybridized carbons (Fsp3) is 0.250. The van der Waals surface area contributed by atoms with Crippen LogP contribution in [0.5, 0.6) is 0 Å². The van der Waals surface area contributed by atoms with Crippen molar-refractivity contribution in [1.29, 1.82) is 0 Å². The lowest BCUT2D eigenvalue weighted by Gasteiger charge is -2.28. The van der Waals surface area contributed by atoms with Crippen molar-refractivity contribution in [2.45, 2.75) is 13.0 Å². The lowest BCUT2D eigenvalue weighted by atomic mass is 10.00. The Labute approximate surface area is 97.7 Å². The predicted molar refractivity (Wildman–Crippen MR) is 63.5 cm³/mol. The Hall–Kier alpha value is -1.09. The fourth-order valence-corrected chi connectivity index (χ4v) is 2.25. The smallest absolute Gasteiger partial charge is 0.246 e. The van der Waals surface area contributed by atoms with Gasteiger partial charge in [-0.1, -0.05) is 28.6 Å². The number of rotatable bonds is 1. The lowest BCUT2D eigenvalue weighted by Crippen LogP contribution is -2.34. The van der Waals surface area contributed by atoms with Gasteiger partial charge in [0, 0.05) is 17.6 Å². The quantitative estimate of drug-likeness (QED) is 0.715. The van der Waals surface area contributed by atoms with Crippen molar-refractivity contribution in [2.75, 3.05) is 6.54 Å². The molecule has 0 aliphatic carbocycles. The molecule has 0 saturated carbocycles. The summed E-state index contributed by atoms with van der Waals surface area (Å²) >= 11 is 3.44. The van der Waals surface area contributed by atoms with Crippen molar-refractivity contribution < 1.29 is 4.79 Å². The van der Waals surface area contributed by atoms with Gasteiger partial charge in [0.05, 0.1) is 0 Å². The van der Waals surface area contributed by atoms with Crippen LogP contribution in [0.2, 0.25) is 0 Å². The topological polar surface area (TPSA) is 20.3 Å². The third kappa shape index (κ3) is 2.12. The van der Waals surface area contributed by atoms with Crippen LogP contribution in [0.25, 0.3) is 0 Å². The number of halogens is 1. The zero-order chi connectivity index (χ0) is 10.8. The molecule has 78 valence electrons. The van der Waals surface area contributed by atoms with Gasteiger partial charge in [0.2, 0.25) is 5.91 Å². The summed E-state index contributed by atoms with van der Waals surface area (Å²) in [4.78, 5) is 13.3. The van der Waals surface area contributed by atoms with Crippen LogP contribution in [0.15, 0.2) is 35.3 Å². The number of hydrogen-bond acceptors (Lipinski definition) is 1. The van der Waals surface area contributed by atoms with Crippen molar-refractivity contribution in [2.24, 2.45) is 0 Å². The molecule has 0 spiro atoms. The second-order valence-electron chi connectivity index (χ2n) is 3.63. The molecule has 0 bridgehead atoms. The van der Waals surface area contributed by atoms with Crippen molar-refractivity contribution in [3.05, 3.63) is 46.5 Å². The van der Waals surface area contributed by atoms with Gasteiger partial charge < -0.3 is 4.90 Å². The van der Waals surface area contributed by atoms with Gasteiger partial charge in [-0.15, -0.1) is 0 Å². The van der Waals surface area contributed by atoms with E-state index in [1.165, 1.54) is 17.2 Å². The Kier molecular flexibility index (Phi) is 2.91. The van der Waals surface area contributed by atoms with Crippen molar-refractivity contribution >= 4 is 21.8 Å². The van der Waals surface area contributed by atoms with E-state index in [4.69, 9.17) is 0 Å². The third-order valence-corrected chi connectivity index (χ3v) is 3.16. The van der Waals surface area contributed by atoms with E-state index in [-0.39, 0.29) is 5.91 Å². The summed E-state index contributed by atoms with van der Waals surface area (Å²) in [7, 11) is 0. The largest absolute Gasteiger partial charge is 0.335 e. The van der Waals surface area contributed by atoms with Crippen LogP contribution in [-0.2, 0) is 17.8 Å². The van der Waals surface area contributed by atoms with E-state index in [1.54, 1.807) is 0 Å². The van der Waals surface area contributed by atoms with Crippen molar-refractivity contribution in [3.63, 3.8) is 0 Å². The SMILES string of the molecule is C=CC(=O)N1CCc2ccc(Br)cc2C1. The molecule has 1 heterocycles. The van der Waals surface area contributed by atoms with Gasteiger partial charge in [-0.2, -0.15) is 0 Å². The minimum Gasteiger partial charge on any atom is -0.335 e. The number of carbonyl (C=O) groups excluding carboxylic acids is 1. The first kappa shape index (κ1) is 10.4. The van der Waals surface area contributed by atoms with Gasteiger partial charge in [0.25, 0.3) is 0 Å². The fourth-order valence-electron chi connectivity index (χ4n) is 1.84. The molecule has 1 aliphatic heterocycles. The van der Waals surface area contributed by atoms with Gasteiger partial charge in [-0.05, 0) is 35.8 Å². The van der Waals surface area contributed by atoms with Crippen LogP contribution in [-0.4, -0.2) is 17.4 Å². The Bertz CT molecular complexity index is 414. The molecule has 0 fully saturated rings. The minimum absolute atomic E-state index is 0.0145. The summed E-state index contributed by atoms with van der Waals surface area (Å²) in [5.41, 5.74) is 2.57. The van der Waals surface area contributed by atoms with Crippen LogP contribution in [0.1, 0.15) is 11.1 Å². The minimum atomic E-state index is 0.0145. The molecule has 2 nitrogen and oxygen atoms in total. The van der Waals surface area contributed by atoms with E-state index in [1.807, 2.05) is 11.0 Å². The highest BCUT2D eigenvalue weighted by Gasteiger charge is 2.18. The summed E-state index contributed by atoms with van der Waals surface area (Å²) in [6, 6.07) is 6.25. The predicted octanol–water partition coefficient (Wildman–Crippen LogP) is 2.52. The van der Waals surface area contributed by atoms with Crippen LogP contribution < -0.4 is 0 Å². The Morgan fingerprint density at radius 2 is 2.27 bits per heavy atom. The summed E-state index contributed by atoms with van der Waals surface area (Å²) < 4.78 is 1.06. The molecule has 2 rings (SSSR count). The Morgan fingerprint density at radius 3 is 3.00 bits per heavy atom. The summed E-state index contributed by atoms with van der Waals surface area (Å²) in [5, 5.41) is 0. The standard InChI is InChI=1S/C12H12BrNO/c1-2-12(15)14-6-5-9-3-4-11(13)7-10(9)8-14/h2-4,7H,1,5-6,8H2. The van der Waals surface area contributed by atoms with Crippen LogP contribution in [0, 0.1) is 0 Å². The molecule has 3 heteroatoms. The summed E-state index contributed by atoms with van der Waals surface area (Å²) in [6.07, 6.45) is 2.31. The Balaban J connectivity index is 2.25. The van der Waals surface area contributed by atoms with Crippen molar-refractivity contribution in [3.8, 4) is 0 Å². The van der Waals surface area contributed by atoms with E-state index in [0.717, 1.165) is 17.4 Å². The highest BCUT2D eigenvalue weighted by molar-refractivity contribution is 9.10. The van der Waals surface area contributed by atoms with Gasteiger partial charge in [0.1, 0.15) is 0 Å². The van der Waals surface area contributed by atoms with E-state index in [2.05, 4.69) is 34.6 Å². The molecule has 1 amide bonds. The van der Waals surface area contributed by atoms with Crippen LogP contribution >= 0.6 is 15.9 Å². The lowest BCUT2D eigenvalue weighted by molar-refractivity contribution is -0.126. The molecule has 0 N–H and O–H groups in total. The molecule has 0 atom stereocenters. The molecule has 1 aromatic carbocycles. The molecule has 0 saturated heterocycles. The van der Waals surface area contributed by atoms with E-state index >= 15 is 0 Å². The Morgan fingerprint density at radius 1 is 1.47 bits per heavy atom. The number of fused-ring (bicyclic) bond motifs is 1. The summed E-state index contributed by atoms with van der Waals surface area (Å²) in [6.45, 7) is 4.99. The number of benzene rings is 1. The van der Waals surface area contributed by atoms with Crippen molar-refractivity contribution in [1.82, 2.24) is 4.90 Å². The monoisotopic (exact) mass is 265 g/mol. The molecule has 0 radical (unpaired) electrons. The number of hydrogen-bond donors (Lipinski definition) is 0. The van der Waals surface area contributed by atoms with Crippen LogP contribution in [0.4, 0.5) is 0 Å². The van der Waals surface area contributed by atoms with E-state index < -0.39 is 0 Å². The van der Waals surface area contributed by atoms with Gasteiger partial charge in [0.15, 0.2) is 0 Å².